The monoisotopic (exact) mass is 330 g/mol. The summed E-state index contributed by atoms with van der Waals surface area (Å²) in [5.74, 6) is 1.67. The van der Waals surface area contributed by atoms with Gasteiger partial charge < -0.3 is 4.74 Å². The van der Waals surface area contributed by atoms with Gasteiger partial charge in [0.1, 0.15) is 0 Å². The van der Waals surface area contributed by atoms with Gasteiger partial charge in [-0.2, -0.15) is 0 Å². The van der Waals surface area contributed by atoms with E-state index in [1.54, 1.807) is 13.3 Å². The van der Waals surface area contributed by atoms with E-state index in [1.807, 2.05) is 17.4 Å². The molecule has 0 radical (unpaired) electrons. The number of thiophene rings is 1. The number of piperidine rings is 1. The second-order valence-corrected chi connectivity index (χ2v) is 7.40. The van der Waals surface area contributed by atoms with Gasteiger partial charge in [-0.25, -0.2) is 4.98 Å². The van der Waals surface area contributed by atoms with E-state index in [2.05, 4.69) is 33.5 Å². The van der Waals surface area contributed by atoms with Crippen LogP contribution in [0.3, 0.4) is 0 Å². The van der Waals surface area contributed by atoms with E-state index in [1.165, 1.54) is 55.6 Å². The van der Waals surface area contributed by atoms with Gasteiger partial charge in [-0.05, 0) is 62.2 Å². The summed E-state index contributed by atoms with van der Waals surface area (Å²) in [6.45, 7) is 3.35. The smallest absolute Gasteiger partial charge is 0.217 e. The SMILES string of the molecule is COc1ncccc1CN1CCC(CCCc2cccs2)CC1. The number of methoxy groups -OCH3 is 1. The molecule has 0 N–H and O–H groups in total. The van der Waals surface area contributed by atoms with Crippen LogP contribution in [-0.2, 0) is 13.0 Å². The van der Waals surface area contributed by atoms with Crippen molar-refractivity contribution in [2.24, 2.45) is 5.92 Å². The number of pyridine rings is 1. The Kier molecular flexibility index (Phi) is 6.06. The molecule has 0 bridgehead atoms. The first kappa shape index (κ1) is 16.5. The van der Waals surface area contributed by atoms with Crippen LogP contribution >= 0.6 is 11.3 Å². The molecule has 1 aliphatic heterocycles. The molecule has 2 aromatic rings. The lowest BCUT2D eigenvalue weighted by Gasteiger charge is -2.32. The first-order valence-electron chi connectivity index (χ1n) is 8.58. The zero-order chi connectivity index (χ0) is 15.9. The molecule has 0 saturated carbocycles. The van der Waals surface area contributed by atoms with Crippen LogP contribution in [-0.4, -0.2) is 30.1 Å². The van der Waals surface area contributed by atoms with E-state index in [4.69, 9.17) is 4.74 Å². The van der Waals surface area contributed by atoms with Gasteiger partial charge in [0, 0.05) is 23.2 Å². The van der Waals surface area contributed by atoms with E-state index in [9.17, 15) is 0 Å². The van der Waals surface area contributed by atoms with E-state index >= 15 is 0 Å². The summed E-state index contributed by atoms with van der Waals surface area (Å²) < 4.78 is 5.36. The minimum Gasteiger partial charge on any atom is -0.481 e. The second kappa shape index (κ2) is 8.46. The minimum absolute atomic E-state index is 0.769. The predicted octanol–water partition coefficient (Wildman–Crippen LogP) is 4.39. The summed E-state index contributed by atoms with van der Waals surface area (Å²) in [5, 5.41) is 2.18. The molecule has 1 fully saturated rings. The molecule has 2 aromatic heterocycles. The highest BCUT2D eigenvalue weighted by molar-refractivity contribution is 7.09. The Morgan fingerprint density at radius 3 is 2.87 bits per heavy atom. The van der Waals surface area contributed by atoms with E-state index in [0.29, 0.717) is 0 Å². The van der Waals surface area contributed by atoms with Crippen molar-refractivity contribution in [3.63, 3.8) is 0 Å². The van der Waals surface area contributed by atoms with Crippen molar-refractivity contribution >= 4 is 11.3 Å². The first-order valence-corrected chi connectivity index (χ1v) is 9.45. The number of hydrogen-bond donors (Lipinski definition) is 0. The molecule has 3 rings (SSSR count). The number of ether oxygens (including phenoxy) is 1. The van der Waals surface area contributed by atoms with Gasteiger partial charge in [0.25, 0.3) is 0 Å². The molecule has 0 spiro atoms. The summed E-state index contributed by atoms with van der Waals surface area (Å²) in [6.07, 6.45) is 8.41. The zero-order valence-corrected chi connectivity index (χ0v) is 14.7. The van der Waals surface area contributed by atoms with Gasteiger partial charge in [0.2, 0.25) is 5.88 Å². The van der Waals surface area contributed by atoms with Crippen LogP contribution < -0.4 is 4.74 Å². The number of rotatable bonds is 7. The lowest BCUT2D eigenvalue weighted by atomic mass is 9.91. The molecule has 0 aromatic carbocycles. The van der Waals surface area contributed by atoms with Crippen LogP contribution in [0.25, 0.3) is 0 Å². The van der Waals surface area contributed by atoms with Crippen LogP contribution in [0, 0.1) is 5.92 Å². The van der Waals surface area contributed by atoms with Crippen LogP contribution in [0.2, 0.25) is 0 Å². The van der Waals surface area contributed by atoms with Crippen molar-refractivity contribution in [3.8, 4) is 5.88 Å². The third kappa shape index (κ3) is 4.79. The summed E-state index contributed by atoms with van der Waals surface area (Å²) in [7, 11) is 1.70. The molecule has 1 saturated heterocycles. The summed E-state index contributed by atoms with van der Waals surface area (Å²) in [6, 6.07) is 8.54. The number of likely N-dealkylation sites (tertiary alicyclic amines) is 1. The Morgan fingerprint density at radius 2 is 2.13 bits per heavy atom. The molecule has 0 atom stereocenters. The fourth-order valence-corrected chi connectivity index (χ4v) is 4.17. The topological polar surface area (TPSA) is 25.4 Å². The molecule has 3 nitrogen and oxygen atoms in total. The zero-order valence-electron chi connectivity index (χ0n) is 13.9. The largest absolute Gasteiger partial charge is 0.481 e. The normalized spacial score (nSPS) is 16.6. The fourth-order valence-electron chi connectivity index (χ4n) is 3.42. The average Bonchev–Trinajstić information content (AvgIpc) is 3.10. The van der Waals surface area contributed by atoms with Crippen LogP contribution in [0.1, 0.15) is 36.1 Å². The van der Waals surface area contributed by atoms with E-state index in [-0.39, 0.29) is 0 Å². The Balaban J connectivity index is 1.40. The average molecular weight is 330 g/mol. The maximum absolute atomic E-state index is 5.36. The van der Waals surface area contributed by atoms with Gasteiger partial charge in [0.05, 0.1) is 7.11 Å². The lowest BCUT2D eigenvalue weighted by Crippen LogP contribution is -2.33. The molecular formula is C19H26N2OS. The number of aromatic nitrogens is 1. The van der Waals surface area contributed by atoms with Crippen molar-refractivity contribution in [3.05, 3.63) is 46.3 Å². The van der Waals surface area contributed by atoms with Crippen molar-refractivity contribution < 1.29 is 4.74 Å². The van der Waals surface area contributed by atoms with Gasteiger partial charge in [-0.1, -0.05) is 18.6 Å². The Bertz CT molecular complexity index is 577. The number of nitrogens with zero attached hydrogens (tertiary/aromatic N) is 2. The van der Waals surface area contributed by atoms with Crippen molar-refractivity contribution in [1.29, 1.82) is 0 Å². The van der Waals surface area contributed by atoms with Crippen LogP contribution in [0.4, 0.5) is 0 Å². The van der Waals surface area contributed by atoms with Gasteiger partial charge in [-0.3, -0.25) is 4.90 Å². The highest BCUT2D eigenvalue weighted by Crippen LogP contribution is 2.25. The van der Waals surface area contributed by atoms with Crippen molar-refractivity contribution in [2.45, 2.75) is 38.6 Å². The second-order valence-electron chi connectivity index (χ2n) is 6.36. The lowest BCUT2D eigenvalue weighted by molar-refractivity contribution is 0.169. The summed E-state index contributed by atoms with van der Waals surface area (Å²) >= 11 is 1.89. The third-order valence-corrected chi connectivity index (χ3v) is 5.70. The van der Waals surface area contributed by atoms with E-state index < -0.39 is 0 Å². The number of hydrogen-bond acceptors (Lipinski definition) is 4. The summed E-state index contributed by atoms with van der Waals surface area (Å²) in [5.41, 5.74) is 1.20. The maximum Gasteiger partial charge on any atom is 0.217 e. The maximum atomic E-state index is 5.36. The van der Waals surface area contributed by atoms with Gasteiger partial charge >= 0.3 is 0 Å². The fraction of sp³-hybridized carbons (Fsp3) is 0.526. The molecule has 0 aliphatic carbocycles. The van der Waals surface area contributed by atoms with Crippen molar-refractivity contribution in [1.82, 2.24) is 9.88 Å². The molecule has 0 unspecified atom stereocenters. The molecule has 0 amide bonds. The summed E-state index contributed by atoms with van der Waals surface area (Å²) in [4.78, 5) is 8.37. The third-order valence-electron chi connectivity index (χ3n) is 4.76. The Hall–Kier alpha value is -1.39. The Labute approximate surface area is 143 Å². The molecule has 124 valence electrons. The predicted molar refractivity (Wildman–Crippen MR) is 96.0 cm³/mol. The standard InChI is InChI=1S/C19H26N2OS/c1-22-19-17(6-3-11-20-19)15-21-12-9-16(10-13-21)5-2-7-18-8-4-14-23-18/h3-4,6,8,11,14,16H,2,5,7,9-10,12-13,15H2,1H3. The molecule has 3 heterocycles. The quantitative estimate of drug-likeness (QED) is 0.753. The molecule has 4 heteroatoms. The first-order chi connectivity index (χ1) is 11.3. The van der Waals surface area contributed by atoms with Crippen molar-refractivity contribution in [2.75, 3.05) is 20.2 Å². The molecule has 23 heavy (non-hydrogen) atoms. The Morgan fingerprint density at radius 1 is 1.26 bits per heavy atom. The number of aryl methyl sites for hydroxylation is 1. The van der Waals surface area contributed by atoms with E-state index in [0.717, 1.165) is 18.3 Å². The van der Waals surface area contributed by atoms with Gasteiger partial charge in [0.15, 0.2) is 0 Å². The minimum atomic E-state index is 0.769. The van der Waals surface area contributed by atoms with Crippen LogP contribution in [0.5, 0.6) is 5.88 Å². The highest BCUT2D eigenvalue weighted by Gasteiger charge is 2.20. The molecular weight excluding hydrogens is 304 g/mol. The molecule has 1 aliphatic rings. The van der Waals surface area contributed by atoms with Crippen LogP contribution in [0.15, 0.2) is 35.8 Å². The van der Waals surface area contributed by atoms with Gasteiger partial charge in [-0.15, -0.1) is 11.3 Å². The highest BCUT2D eigenvalue weighted by atomic mass is 32.1.